The molecule has 2 heteroatoms. The Morgan fingerprint density at radius 3 is 2.53 bits per heavy atom. The van der Waals surface area contributed by atoms with Crippen LogP contribution in [-0.2, 0) is 12.8 Å². The Labute approximate surface area is 117 Å². The molecule has 1 unspecified atom stereocenters. The highest BCUT2D eigenvalue weighted by Crippen LogP contribution is 2.31. The zero-order valence-corrected chi connectivity index (χ0v) is 12.6. The number of hydrogen-bond acceptors (Lipinski definition) is 2. The summed E-state index contributed by atoms with van der Waals surface area (Å²) in [7, 11) is 2.05. The summed E-state index contributed by atoms with van der Waals surface area (Å²) in [5.41, 5.74) is 10.6. The van der Waals surface area contributed by atoms with Crippen LogP contribution < -0.4 is 11.1 Å². The average Bonchev–Trinajstić information content (AvgIpc) is 2.44. The first-order valence-corrected chi connectivity index (χ1v) is 7.55. The third kappa shape index (κ3) is 3.58. The van der Waals surface area contributed by atoms with Gasteiger partial charge in [-0.25, -0.2) is 0 Å². The Hall–Kier alpha value is -0.860. The molecule has 0 heterocycles. The van der Waals surface area contributed by atoms with Gasteiger partial charge in [-0.3, -0.25) is 0 Å². The van der Waals surface area contributed by atoms with Gasteiger partial charge in [-0.1, -0.05) is 32.0 Å². The van der Waals surface area contributed by atoms with Gasteiger partial charge in [-0.15, -0.1) is 0 Å². The summed E-state index contributed by atoms with van der Waals surface area (Å²) in [5, 5.41) is 3.46. The summed E-state index contributed by atoms with van der Waals surface area (Å²) in [5.74, 6) is 0. The van der Waals surface area contributed by atoms with Crippen LogP contribution in [0, 0.1) is 5.41 Å². The van der Waals surface area contributed by atoms with Gasteiger partial charge >= 0.3 is 0 Å². The molecule has 1 aliphatic carbocycles. The van der Waals surface area contributed by atoms with Crippen LogP contribution in [0.25, 0.3) is 0 Å². The number of aryl methyl sites for hydroxylation is 2. The first-order chi connectivity index (χ1) is 9.05. The van der Waals surface area contributed by atoms with Crippen LogP contribution in [0.15, 0.2) is 18.2 Å². The van der Waals surface area contributed by atoms with Gasteiger partial charge < -0.3 is 11.1 Å². The van der Waals surface area contributed by atoms with E-state index in [0.29, 0.717) is 6.04 Å². The molecule has 0 amide bonds. The van der Waals surface area contributed by atoms with Crippen molar-refractivity contribution in [3.05, 3.63) is 34.9 Å². The van der Waals surface area contributed by atoms with E-state index in [0.717, 1.165) is 13.0 Å². The van der Waals surface area contributed by atoms with Crippen LogP contribution in [-0.4, -0.2) is 13.6 Å². The van der Waals surface area contributed by atoms with E-state index in [1.807, 2.05) is 0 Å². The summed E-state index contributed by atoms with van der Waals surface area (Å²) < 4.78 is 0. The maximum absolute atomic E-state index is 5.87. The topological polar surface area (TPSA) is 38.0 Å². The predicted octanol–water partition coefficient (Wildman–Crippen LogP) is 3.20. The van der Waals surface area contributed by atoms with Crippen LogP contribution in [0.4, 0.5) is 0 Å². The van der Waals surface area contributed by atoms with Gasteiger partial charge in [0.2, 0.25) is 0 Å². The monoisotopic (exact) mass is 260 g/mol. The summed E-state index contributed by atoms with van der Waals surface area (Å²) in [6, 6.07) is 7.47. The predicted molar refractivity (Wildman–Crippen MR) is 82.3 cm³/mol. The summed E-state index contributed by atoms with van der Waals surface area (Å²) in [4.78, 5) is 0. The molecular formula is C17H28N2. The van der Waals surface area contributed by atoms with E-state index in [9.17, 15) is 0 Å². The Kier molecular flexibility index (Phi) is 4.64. The van der Waals surface area contributed by atoms with Gasteiger partial charge in [0.1, 0.15) is 0 Å². The molecule has 0 aromatic heterocycles. The lowest BCUT2D eigenvalue weighted by atomic mass is 9.82. The molecule has 0 saturated carbocycles. The lowest BCUT2D eigenvalue weighted by Crippen LogP contribution is -2.30. The molecule has 1 aromatic rings. The van der Waals surface area contributed by atoms with Crippen LogP contribution in [0.3, 0.4) is 0 Å². The SMILES string of the molecule is CNC(CC(C)(C)CN)c1ccc2c(c1)CCCC2. The molecule has 1 aliphatic rings. The number of nitrogens with two attached hydrogens (primary N) is 1. The molecular weight excluding hydrogens is 232 g/mol. The number of hydrogen-bond donors (Lipinski definition) is 2. The zero-order chi connectivity index (χ0) is 13.9. The minimum Gasteiger partial charge on any atom is -0.330 e. The molecule has 1 aromatic carbocycles. The fourth-order valence-corrected chi connectivity index (χ4v) is 2.99. The van der Waals surface area contributed by atoms with E-state index in [1.54, 1.807) is 11.1 Å². The van der Waals surface area contributed by atoms with Crippen molar-refractivity contribution in [1.82, 2.24) is 5.32 Å². The van der Waals surface area contributed by atoms with Gasteiger partial charge in [0, 0.05) is 6.04 Å². The van der Waals surface area contributed by atoms with Crippen LogP contribution >= 0.6 is 0 Å². The largest absolute Gasteiger partial charge is 0.330 e. The minimum atomic E-state index is 0.184. The zero-order valence-electron chi connectivity index (χ0n) is 12.6. The van der Waals surface area contributed by atoms with Gasteiger partial charge in [0.05, 0.1) is 0 Å². The second kappa shape index (κ2) is 6.06. The molecule has 2 nitrogen and oxygen atoms in total. The molecule has 0 aliphatic heterocycles. The summed E-state index contributed by atoms with van der Waals surface area (Å²) in [6.07, 6.45) is 6.28. The third-order valence-corrected chi connectivity index (χ3v) is 4.43. The van der Waals surface area contributed by atoms with Crippen molar-refractivity contribution < 1.29 is 0 Å². The Bertz CT molecular complexity index is 423. The fourth-order valence-electron chi connectivity index (χ4n) is 2.99. The molecule has 106 valence electrons. The lowest BCUT2D eigenvalue weighted by molar-refractivity contribution is 0.299. The smallest absolute Gasteiger partial charge is 0.0323 e. The van der Waals surface area contributed by atoms with Gasteiger partial charge in [-0.2, -0.15) is 0 Å². The first-order valence-electron chi connectivity index (χ1n) is 7.55. The van der Waals surface area contributed by atoms with Crippen molar-refractivity contribution in [2.75, 3.05) is 13.6 Å². The van der Waals surface area contributed by atoms with Crippen LogP contribution in [0.1, 0.15) is 55.8 Å². The second-order valence-corrected chi connectivity index (χ2v) is 6.65. The third-order valence-electron chi connectivity index (χ3n) is 4.43. The van der Waals surface area contributed by atoms with E-state index in [-0.39, 0.29) is 5.41 Å². The number of rotatable bonds is 5. The summed E-state index contributed by atoms with van der Waals surface area (Å²) in [6.45, 7) is 5.22. The Morgan fingerprint density at radius 2 is 1.89 bits per heavy atom. The van der Waals surface area contributed by atoms with Crippen molar-refractivity contribution in [3.63, 3.8) is 0 Å². The quantitative estimate of drug-likeness (QED) is 0.853. The first kappa shape index (κ1) is 14.5. The molecule has 0 radical (unpaired) electrons. The van der Waals surface area contributed by atoms with Crippen LogP contribution in [0.2, 0.25) is 0 Å². The van der Waals surface area contributed by atoms with Crippen molar-refractivity contribution in [1.29, 1.82) is 0 Å². The minimum absolute atomic E-state index is 0.184. The van der Waals surface area contributed by atoms with Crippen molar-refractivity contribution >= 4 is 0 Å². The number of nitrogens with one attached hydrogen (secondary N) is 1. The normalized spacial score (nSPS) is 17.1. The maximum atomic E-state index is 5.87. The maximum Gasteiger partial charge on any atom is 0.0323 e. The van der Waals surface area contributed by atoms with E-state index < -0.39 is 0 Å². The Balaban J connectivity index is 2.19. The molecule has 0 fully saturated rings. The Morgan fingerprint density at radius 1 is 1.21 bits per heavy atom. The number of benzene rings is 1. The highest BCUT2D eigenvalue weighted by atomic mass is 14.9. The summed E-state index contributed by atoms with van der Waals surface area (Å²) >= 11 is 0. The molecule has 19 heavy (non-hydrogen) atoms. The van der Waals surface area contributed by atoms with Gasteiger partial charge in [0.25, 0.3) is 0 Å². The van der Waals surface area contributed by atoms with Gasteiger partial charge in [-0.05, 0) is 67.8 Å². The van der Waals surface area contributed by atoms with E-state index >= 15 is 0 Å². The average molecular weight is 260 g/mol. The molecule has 0 saturated heterocycles. The fraction of sp³-hybridized carbons (Fsp3) is 0.647. The van der Waals surface area contributed by atoms with Crippen molar-refractivity contribution in [2.24, 2.45) is 11.1 Å². The van der Waals surface area contributed by atoms with E-state index in [1.165, 1.54) is 31.2 Å². The van der Waals surface area contributed by atoms with Crippen molar-refractivity contribution in [2.45, 2.75) is 52.0 Å². The molecule has 1 atom stereocenters. The molecule has 0 bridgehead atoms. The number of fused-ring (bicyclic) bond motifs is 1. The molecule has 3 N–H and O–H groups in total. The molecule has 2 rings (SSSR count). The van der Waals surface area contributed by atoms with Gasteiger partial charge in [0.15, 0.2) is 0 Å². The van der Waals surface area contributed by atoms with Crippen LogP contribution in [0.5, 0.6) is 0 Å². The highest BCUT2D eigenvalue weighted by Gasteiger charge is 2.23. The lowest BCUT2D eigenvalue weighted by Gasteiger charge is -2.29. The molecule has 0 spiro atoms. The highest BCUT2D eigenvalue weighted by molar-refractivity contribution is 5.35. The van der Waals surface area contributed by atoms with E-state index in [4.69, 9.17) is 5.73 Å². The van der Waals surface area contributed by atoms with E-state index in [2.05, 4.69) is 44.4 Å². The second-order valence-electron chi connectivity index (χ2n) is 6.65. The van der Waals surface area contributed by atoms with Crippen molar-refractivity contribution in [3.8, 4) is 0 Å². The standard InChI is InChI=1S/C17H28N2/c1-17(2,12-18)11-16(19-3)15-9-8-13-6-4-5-7-14(13)10-15/h8-10,16,19H,4-7,11-12,18H2,1-3H3.